The molecule has 1 amide bonds. The fraction of sp³-hybridized carbons (Fsp3) is 0.400. The number of amides is 1. The minimum atomic E-state index is -0.618. The van der Waals surface area contributed by atoms with Crippen LogP contribution in [-0.2, 0) is 9.47 Å². The van der Waals surface area contributed by atoms with Crippen molar-refractivity contribution in [3.05, 3.63) is 35.4 Å². The zero-order valence-corrected chi connectivity index (χ0v) is 12.9. The highest BCUT2D eigenvalue weighted by Gasteiger charge is 2.15. The first-order valence-corrected chi connectivity index (χ1v) is 6.45. The highest BCUT2D eigenvalue weighted by Crippen LogP contribution is 2.08. The molecule has 0 bridgehead atoms. The van der Waals surface area contributed by atoms with Crippen LogP contribution < -0.4 is 5.43 Å². The third-order valence-electron chi connectivity index (χ3n) is 2.44. The molecule has 0 unspecified atom stereocenters. The highest BCUT2D eigenvalue weighted by atomic mass is 16.6. The number of methoxy groups -OCH3 is 1. The van der Waals surface area contributed by atoms with Crippen LogP contribution >= 0.6 is 0 Å². The lowest BCUT2D eigenvalue weighted by Gasteiger charge is -2.18. The van der Waals surface area contributed by atoms with Gasteiger partial charge < -0.3 is 9.47 Å². The van der Waals surface area contributed by atoms with Gasteiger partial charge in [-0.25, -0.2) is 15.0 Å². The van der Waals surface area contributed by atoms with E-state index in [9.17, 15) is 9.59 Å². The lowest BCUT2D eigenvalue weighted by Crippen LogP contribution is -2.30. The number of nitrogens with one attached hydrogen (secondary N) is 1. The first kappa shape index (κ1) is 16.7. The molecule has 6 nitrogen and oxygen atoms in total. The second kappa shape index (κ2) is 6.88. The van der Waals surface area contributed by atoms with E-state index in [-0.39, 0.29) is 0 Å². The molecule has 0 aromatic heterocycles. The van der Waals surface area contributed by atoms with Crippen LogP contribution in [0.1, 0.15) is 43.6 Å². The van der Waals surface area contributed by atoms with Crippen molar-refractivity contribution in [1.82, 2.24) is 5.43 Å². The van der Waals surface area contributed by atoms with E-state index in [2.05, 4.69) is 15.3 Å². The molecule has 0 aliphatic heterocycles. The summed E-state index contributed by atoms with van der Waals surface area (Å²) >= 11 is 0. The maximum atomic E-state index is 11.5. The summed E-state index contributed by atoms with van der Waals surface area (Å²) in [5, 5.41) is 3.95. The van der Waals surface area contributed by atoms with Gasteiger partial charge in [-0.3, -0.25) is 0 Å². The summed E-state index contributed by atoms with van der Waals surface area (Å²) in [6, 6.07) is 6.71. The lowest BCUT2D eigenvalue weighted by molar-refractivity contribution is 0.0528. The predicted molar refractivity (Wildman–Crippen MR) is 79.4 cm³/mol. The Balaban J connectivity index is 2.70. The second-order valence-corrected chi connectivity index (χ2v) is 5.38. The van der Waals surface area contributed by atoms with Crippen molar-refractivity contribution < 1.29 is 19.1 Å². The number of ether oxygens (including phenoxy) is 2. The van der Waals surface area contributed by atoms with Crippen LogP contribution in [0.2, 0.25) is 0 Å². The number of nitrogens with zero attached hydrogens (tertiary/aromatic N) is 1. The van der Waals surface area contributed by atoms with Gasteiger partial charge in [-0.2, -0.15) is 5.10 Å². The van der Waals surface area contributed by atoms with Crippen molar-refractivity contribution in [2.24, 2.45) is 5.10 Å². The van der Waals surface area contributed by atoms with E-state index in [0.717, 1.165) is 5.56 Å². The van der Waals surface area contributed by atoms with Gasteiger partial charge in [0, 0.05) is 0 Å². The summed E-state index contributed by atoms with van der Waals surface area (Å²) in [5.41, 5.74) is 3.57. The molecule has 0 radical (unpaired) electrons. The van der Waals surface area contributed by atoms with E-state index < -0.39 is 17.7 Å². The number of hydrogen-bond donors (Lipinski definition) is 1. The fourth-order valence-electron chi connectivity index (χ4n) is 1.46. The fourth-order valence-corrected chi connectivity index (χ4v) is 1.46. The van der Waals surface area contributed by atoms with Crippen molar-refractivity contribution in [2.45, 2.75) is 33.3 Å². The van der Waals surface area contributed by atoms with E-state index in [0.29, 0.717) is 11.3 Å². The molecule has 0 heterocycles. The zero-order valence-electron chi connectivity index (χ0n) is 12.9. The molecule has 114 valence electrons. The normalized spacial score (nSPS) is 11.8. The number of rotatable bonds is 3. The molecular formula is C15H20N2O4. The lowest BCUT2D eigenvalue weighted by atomic mass is 10.1. The number of benzene rings is 1. The molecule has 1 N–H and O–H groups in total. The standard InChI is InChI=1S/C15H20N2O4/c1-10(16-17-14(19)21-15(2,3)4)11-6-8-12(9-7-11)13(18)20-5/h6-9H,1-5H3,(H,17,19). The Morgan fingerprint density at radius 1 is 1.10 bits per heavy atom. The number of carbonyl (C=O) groups excluding carboxylic acids is 2. The Bertz CT molecular complexity index is 542. The van der Waals surface area contributed by atoms with Gasteiger partial charge in [0.2, 0.25) is 0 Å². The SMILES string of the molecule is COC(=O)c1ccc(C(C)=NNC(=O)OC(C)(C)C)cc1. The van der Waals surface area contributed by atoms with Crippen LogP contribution in [0.3, 0.4) is 0 Å². The largest absolute Gasteiger partial charge is 0.465 e. The first-order chi connectivity index (χ1) is 9.73. The molecular weight excluding hydrogens is 272 g/mol. The molecule has 0 saturated heterocycles. The summed E-state index contributed by atoms with van der Waals surface area (Å²) in [4.78, 5) is 22.8. The van der Waals surface area contributed by atoms with Gasteiger partial charge in [-0.05, 0) is 45.4 Å². The van der Waals surface area contributed by atoms with Gasteiger partial charge in [0.05, 0.1) is 18.4 Å². The summed E-state index contributed by atoms with van der Waals surface area (Å²) in [6.07, 6.45) is -0.618. The molecule has 0 spiro atoms. The van der Waals surface area contributed by atoms with Crippen molar-refractivity contribution in [1.29, 1.82) is 0 Å². The minimum Gasteiger partial charge on any atom is -0.465 e. The Hall–Kier alpha value is -2.37. The van der Waals surface area contributed by atoms with Crippen LogP contribution in [0.4, 0.5) is 4.79 Å². The van der Waals surface area contributed by atoms with E-state index in [1.54, 1.807) is 52.0 Å². The highest BCUT2D eigenvalue weighted by molar-refractivity contribution is 6.00. The van der Waals surface area contributed by atoms with Crippen LogP contribution in [-0.4, -0.2) is 30.5 Å². The average Bonchev–Trinajstić information content (AvgIpc) is 2.42. The van der Waals surface area contributed by atoms with Crippen molar-refractivity contribution in [3.8, 4) is 0 Å². The monoisotopic (exact) mass is 292 g/mol. The quantitative estimate of drug-likeness (QED) is 0.528. The Morgan fingerprint density at radius 2 is 1.62 bits per heavy atom. The van der Waals surface area contributed by atoms with E-state index >= 15 is 0 Å². The molecule has 6 heteroatoms. The molecule has 1 rings (SSSR count). The maximum absolute atomic E-state index is 11.5. The molecule has 0 atom stereocenters. The van der Waals surface area contributed by atoms with Crippen molar-refractivity contribution in [2.75, 3.05) is 7.11 Å². The Kier molecular flexibility index (Phi) is 5.46. The summed E-state index contributed by atoms with van der Waals surface area (Å²) < 4.78 is 9.69. The average molecular weight is 292 g/mol. The number of carbonyl (C=O) groups is 2. The molecule has 0 aliphatic carbocycles. The third kappa shape index (κ3) is 5.64. The molecule has 21 heavy (non-hydrogen) atoms. The molecule has 0 fully saturated rings. The Morgan fingerprint density at radius 3 is 2.10 bits per heavy atom. The van der Waals surface area contributed by atoms with E-state index in [1.165, 1.54) is 7.11 Å². The van der Waals surface area contributed by atoms with Gasteiger partial charge >= 0.3 is 12.1 Å². The van der Waals surface area contributed by atoms with Gasteiger partial charge in [-0.15, -0.1) is 0 Å². The minimum absolute atomic E-state index is 0.400. The van der Waals surface area contributed by atoms with E-state index in [1.807, 2.05) is 0 Å². The molecule has 0 saturated carbocycles. The van der Waals surface area contributed by atoms with Crippen molar-refractivity contribution in [3.63, 3.8) is 0 Å². The maximum Gasteiger partial charge on any atom is 0.428 e. The number of hydrogen-bond acceptors (Lipinski definition) is 5. The molecule has 0 aliphatic rings. The van der Waals surface area contributed by atoms with E-state index in [4.69, 9.17) is 4.74 Å². The topological polar surface area (TPSA) is 77.0 Å². The van der Waals surface area contributed by atoms with Gasteiger partial charge in [-0.1, -0.05) is 12.1 Å². The second-order valence-electron chi connectivity index (χ2n) is 5.38. The van der Waals surface area contributed by atoms with Crippen molar-refractivity contribution >= 4 is 17.8 Å². The first-order valence-electron chi connectivity index (χ1n) is 6.45. The zero-order chi connectivity index (χ0) is 16.0. The van der Waals surface area contributed by atoms with Gasteiger partial charge in [0.1, 0.15) is 5.60 Å². The molecule has 1 aromatic rings. The number of esters is 1. The summed E-state index contributed by atoms with van der Waals surface area (Å²) in [7, 11) is 1.33. The van der Waals surface area contributed by atoms with Crippen LogP contribution in [0.25, 0.3) is 0 Å². The van der Waals surface area contributed by atoms with Crippen LogP contribution in [0.5, 0.6) is 0 Å². The molecule has 1 aromatic carbocycles. The smallest absolute Gasteiger partial charge is 0.428 e. The summed E-state index contributed by atoms with van der Waals surface area (Å²) in [5.74, 6) is -0.400. The van der Waals surface area contributed by atoms with Gasteiger partial charge in [0.15, 0.2) is 0 Å². The van der Waals surface area contributed by atoms with Gasteiger partial charge in [0.25, 0.3) is 0 Å². The summed E-state index contributed by atoms with van der Waals surface area (Å²) in [6.45, 7) is 7.06. The van der Waals surface area contributed by atoms with Crippen LogP contribution in [0.15, 0.2) is 29.4 Å². The Labute approximate surface area is 124 Å². The predicted octanol–water partition coefficient (Wildman–Crippen LogP) is 2.72. The number of hydrazone groups is 1. The third-order valence-corrected chi connectivity index (χ3v) is 2.44. The van der Waals surface area contributed by atoms with Crippen LogP contribution in [0, 0.1) is 0 Å².